The number of morpholine rings is 1. The number of amides is 1. The maximum absolute atomic E-state index is 13.3. The summed E-state index contributed by atoms with van der Waals surface area (Å²) in [7, 11) is -4.27. The number of carbonyl (C=O) groups excluding carboxylic acids is 1. The van der Waals surface area contributed by atoms with E-state index in [1.165, 1.54) is 36.4 Å². The Morgan fingerprint density at radius 2 is 1.81 bits per heavy atom. The van der Waals surface area contributed by atoms with E-state index in [0.717, 1.165) is 22.5 Å². The second-order valence-corrected chi connectivity index (χ2v) is 8.67. The van der Waals surface area contributed by atoms with Gasteiger partial charge in [0.15, 0.2) is 0 Å². The number of hydrogen-bond donors (Lipinski definition) is 0. The second kappa shape index (κ2) is 9.11. The number of halogens is 3. The van der Waals surface area contributed by atoms with Crippen LogP contribution in [-0.2, 0) is 20.9 Å². The Kier molecular flexibility index (Phi) is 6.71. The molecule has 0 unspecified atom stereocenters. The molecule has 0 aromatic heterocycles. The van der Waals surface area contributed by atoms with Gasteiger partial charge in [-0.25, -0.2) is 8.42 Å². The molecule has 10 heteroatoms. The van der Waals surface area contributed by atoms with E-state index in [1.54, 1.807) is 4.90 Å². The van der Waals surface area contributed by atoms with E-state index in [1.807, 2.05) is 0 Å². The van der Waals surface area contributed by atoms with Gasteiger partial charge in [-0.05, 0) is 36.4 Å². The molecule has 1 heterocycles. The van der Waals surface area contributed by atoms with Gasteiger partial charge < -0.3 is 9.64 Å². The highest BCUT2D eigenvalue weighted by Gasteiger charge is 2.32. The number of carbonyl (C=O) groups is 1. The van der Waals surface area contributed by atoms with Crippen molar-refractivity contribution in [3.8, 4) is 0 Å². The largest absolute Gasteiger partial charge is 0.416 e. The van der Waals surface area contributed by atoms with Crippen molar-refractivity contribution in [1.82, 2.24) is 4.90 Å². The molecule has 0 radical (unpaired) electrons. The fraction of sp³-hybridized carbons (Fsp3) is 0.286. The third kappa shape index (κ3) is 5.08. The van der Waals surface area contributed by atoms with Crippen molar-refractivity contribution in [3.05, 3.63) is 72.3 Å². The number of hydrogen-bond acceptors (Lipinski definition) is 4. The molecule has 0 N–H and O–H groups in total. The summed E-state index contributed by atoms with van der Waals surface area (Å²) in [6.07, 6.45) is -3.34. The second-order valence-electron chi connectivity index (χ2n) is 6.81. The highest BCUT2D eigenvalue weighted by Crippen LogP contribution is 2.33. The Morgan fingerprint density at radius 3 is 2.45 bits per heavy atom. The fourth-order valence-corrected chi connectivity index (χ4v) is 4.64. The van der Waals surface area contributed by atoms with Gasteiger partial charge in [-0.1, -0.05) is 18.2 Å². The zero-order valence-corrected chi connectivity index (χ0v) is 17.3. The van der Waals surface area contributed by atoms with Gasteiger partial charge in [0.05, 0.1) is 35.9 Å². The Morgan fingerprint density at radius 1 is 1.13 bits per heavy atom. The van der Waals surface area contributed by atoms with Gasteiger partial charge in [0.25, 0.3) is 15.9 Å². The van der Waals surface area contributed by atoms with Crippen molar-refractivity contribution in [1.29, 1.82) is 0 Å². The molecule has 3 rings (SSSR count). The summed E-state index contributed by atoms with van der Waals surface area (Å²) < 4.78 is 72.0. The number of nitrogens with zero attached hydrogens (tertiary/aromatic N) is 2. The number of ether oxygens (including phenoxy) is 1. The minimum Gasteiger partial charge on any atom is -0.378 e. The maximum atomic E-state index is 13.3. The predicted molar refractivity (Wildman–Crippen MR) is 109 cm³/mol. The van der Waals surface area contributed by atoms with Crippen molar-refractivity contribution in [2.24, 2.45) is 0 Å². The van der Waals surface area contributed by atoms with E-state index >= 15 is 0 Å². The topological polar surface area (TPSA) is 66.9 Å². The van der Waals surface area contributed by atoms with Crippen LogP contribution >= 0.6 is 0 Å². The first-order valence-electron chi connectivity index (χ1n) is 9.42. The first-order valence-corrected chi connectivity index (χ1v) is 10.9. The zero-order valence-electron chi connectivity index (χ0n) is 16.5. The molecule has 1 amide bonds. The molecular weight excluding hydrogens is 433 g/mol. The first kappa shape index (κ1) is 22.8. The van der Waals surface area contributed by atoms with Crippen LogP contribution in [0.4, 0.5) is 18.9 Å². The lowest BCUT2D eigenvalue weighted by Gasteiger charge is -2.27. The predicted octanol–water partition coefficient (Wildman–Crippen LogP) is 3.56. The van der Waals surface area contributed by atoms with E-state index in [-0.39, 0.29) is 28.6 Å². The summed E-state index contributed by atoms with van der Waals surface area (Å²) in [6.45, 7) is 4.84. The monoisotopic (exact) mass is 454 g/mol. The molecule has 6 nitrogen and oxygen atoms in total. The first-order chi connectivity index (χ1) is 14.6. The van der Waals surface area contributed by atoms with E-state index in [0.29, 0.717) is 26.3 Å². The SMILES string of the molecule is C=CCN(c1cccc(C(F)(F)F)c1)S(=O)(=O)c1cccc(C(=O)N2CCOCC2)c1. The number of sulfonamides is 1. The molecule has 0 bridgehead atoms. The Hall–Kier alpha value is -2.85. The molecule has 1 fully saturated rings. The normalized spacial score (nSPS) is 14.9. The zero-order chi connectivity index (χ0) is 22.6. The van der Waals surface area contributed by atoms with Crippen LogP contribution in [0, 0.1) is 0 Å². The quantitative estimate of drug-likeness (QED) is 0.626. The van der Waals surface area contributed by atoms with Crippen molar-refractivity contribution >= 4 is 21.6 Å². The standard InChI is InChI=1S/C21H21F3N2O4S/c1-2-9-26(18-7-4-6-17(15-18)21(22,23)24)31(28,29)19-8-3-5-16(14-19)20(27)25-10-12-30-13-11-25/h2-8,14-15H,1,9-13H2. The Bertz CT molecular complexity index is 1060. The van der Waals surface area contributed by atoms with Crippen LogP contribution in [-0.4, -0.2) is 52.1 Å². The van der Waals surface area contributed by atoms with Crippen LogP contribution in [0.5, 0.6) is 0 Å². The molecule has 0 atom stereocenters. The molecule has 1 saturated heterocycles. The number of rotatable bonds is 6. The third-order valence-electron chi connectivity index (χ3n) is 4.72. The van der Waals surface area contributed by atoms with E-state index in [2.05, 4.69) is 6.58 Å². The van der Waals surface area contributed by atoms with Crippen molar-refractivity contribution < 1.29 is 31.1 Å². The van der Waals surface area contributed by atoms with Gasteiger partial charge in [-0.15, -0.1) is 6.58 Å². The minimum atomic E-state index is -4.62. The van der Waals surface area contributed by atoms with Crippen molar-refractivity contribution in [2.45, 2.75) is 11.1 Å². The summed E-state index contributed by atoms with van der Waals surface area (Å²) in [4.78, 5) is 14.1. The van der Waals surface area contributed by atoms with Crippen LogP contribution in [0.3, 0.4) is 0 Å². The summed E-state index contributed by atoms with van der Waals surface area (Å²) in [5.41, 5.74) is -0.948. The molecule has 0 spiro atoms. The molecule has 2 aromatic carbocycles. The smallest absolute Gasteiger partial charge is 0.378 e. The molecule has 2 aromatic rings. The van der Waals surface area contributed by atoms with Crippen molar-refractivity contribution in [2.75, 3.05) is 37.2 Å². The van der Waals surface area contributed by atoms with E-state index < -0.39 is 21.8 Å². The molecule has 1 aliphatic heterocycles. The maximum Gasteiger partial charge on any atom is 0.416 e. The fourth-order valence-electron chi connectivity index (χ4n) is 3.16. The lowest BCUT2D eigenvalue weighted by molar-refractivity contribution is -0.137. The van der Waals surface area contributed by atoms with E-state index in [9.17, 15) is 26.4 Å². The number of anilines is 1. The molecule has 1 aliphatic rings. The summed E-state index contributed by atoms with van der Waals surface area (Å²) >= 11 is 0. The number of benzene rings is 2. The third-order valence-corrected chi connectivity index (χ3v) is 6.51. The summed E-state index contributed by atoms with van der Waals surface area (Å²) in [6, 6.07) is 9.51. The van der Waals surface area contributed by atoms with Crippen LogP contribution in [0.15, 0.2) is 66.1 Å². The summed E-state index contributed by atoms with van der Waals surface area (Å²) in [5.74, 6) is -0.338. The molecule has 0 aliphatic carbocycles. The average molecular weight is 454 g/mol. The van der Waals surface area contributed by atoms with Crippen LogP contribution in [0.2, 0.25) is 0 Å². The van der Waals surface area contributed by atoms with Crippen LogP contribution in [0.1, 0.15) is 15.9 Å². The molecular formula is C21H21F3N2O4S. The lowest BCUT2D eigenvalue weighted by atomic mass is 10.2. The lowest BCUT2D eigenvalue weighted by Crippen LogP contribution is -2.40. The van der Waals surface area contributed by atoms with Gasteiger partial charge in [-0.3, -0.25) is 9.10 Å². The molecule has 31 heavy (non-hydrogen) atoms. The van der Waals surface area contributed by atoms with Gasteiger partial charge in [0.2, 0.25) is 0 Å². The van der Waals surface area contributed by atoms with Crippen molar-refractivity contribution in [3.63, 3.8) is 0 Å². The van der Waals surface area contributed by atoms with Gasteiger partial charge >= 0.3 is 6.18 Å². The van der Waals surface area contributed by atoms with Crippen LogP contribution < -0.4 is 4.31 Å². The minimum absolute atomic E-state index is 0.153. The Labute approximate surface area is 178 Å². The number of alkyl halides is 3. The van der Waals surface area contributed by atoms with Gasteiger partial charge in [0, 0.05) is 18.7 Å². The van der Waals surface area contributed by atoms with Gasteiger partial charge in [-0.2, -0.15) is 13.2 Å². The highest BCUT2D eigenvalue weighted by molar-refractivity contribution is 7.92. The highest BCUT2D eigenvalue weighted by atomic mass is 32.2. The van der Waals surface area contributed by atoms with Gasteiger partial charge in [0.1, 0.15) is 0 Å². The molecule has 166 valence electrons. The summed E-state index contributed by atoms with van der Waals surface area (Å²) in [5, 5.41) is 0. The Balaban J connectivity index is 1.98. The average Bonchev–Trinajstić information content (AvgIpc) is 2.77. The van der Waals surface area contributed by atoms with Crippen LogP contribution in [0.25, 0.3) is 0 Å². The van der Waals surface area contributed by atoms with E-state index in [4.69, 9.17) is 4.74 Å². The molecule has 0 saturated carbocycles.